The molecule has 0 saturated carbocycles. The molecule has 3 atom stereocenters. The number of hydrogen-bond donors (Lipinski definition) is 4. The van der Waals surface area contributed by atoms with Crippen molar-refractivity contribution in [1.82, 2.24) is 16.1 Å². The first-order chi connectivity index (χ1) is 17.9. The number of hydroxylamine groups is 1. The summed E-state index contributed by atoms with van der Waals surface area (Å²) in [6.07, 6.45) is 1.12. The first kappa shape index (κ1) is 28.0. The monoisotopic (exact) mass is 511 g/mol. The average molecular weight is 511 g/mol. The van der Waals surface area contributed by atoms with Crippen molar-refractivity contribution >= 4 is 25.6 Å². The molecule has 4 rings (SSSR count). The fourth-order valence-electron chi connectivity index (χ4n) is 3.93. The van der Waals surface area contributed by atoms with Crippen molar-refractivity contribution in [2.75, 3.05) is 19.9 Å². The van der Waals surface area contributed by atoms with Gasteiger partial charge in [-0.25, -0.2) is 5.48 Å². The van der Waals surface area contributed by atoms with E-state index in [2.05, 4.69) is 10.6 Å². The molecular formula is C26H31BFN3O6. The van der Waals surface area contributed by atoms with Gasteiger partial charge in [0.15, 0.2) is 0 Å². The molecule has 2 aromatic carbocycles. The van der Waals surface area contributed by atoms with Gasteiger partial charge in [-0.05, 0) is 48.2 Å². The van der Waals surface area contributed by atoms with Gasteiger partial charge in [-0.15, -0.1) is 0 Å². The quantitative estimate of drug-likeness (QED) is 0.186. The Labute approximate surface area is 216 Å². The SMILES string of the molecule is [B][C@H]1C(=O)NC(C(=O)NCc2ccc(OCCCF)cc2)Cc2ccc(cc2)OCCC[C@@H]1C(=O)NO. The second-order valence-corrected chi connectivity index (χ2v) is 8.76. The molecule has 9 nitrogen and oxygen atoms in total. The molecule has 2 bridgehead atoms. The number of nitrogens with one attached hydrogen (secondary N) is 3. The molecule has 2 aliphatic rings. The highest BCUT2D eigenvalue weighted by Gasteiger charge is 2.32. The van der Waals surface area contributed by atoms with Gasteiger partial charge in [-0.2, -0.15) is 0 Å². The van der Waals surface area contributed by atoms with E-state index in [0.717, 1.165) is 11.1 Å². The third kappa shape index (κ3) is 8.49. The molecule has 4 N–H and O–H groups in total. The van der Waals surface area contributed by atoms with Gasteiger partial charge in [0, 0.05) is 31.1 Å². The highest BCUT2D eigenvalue weighted by atomic mass is 19.1. The first-order valence-corrected chi connectivity index (χ1v) is 12.2. The van der Waals surface area contributed by atoms with Crippen molar-refractivity contribution in [2.24, 2.45) is 5.92 Å². The zero-order valence-electron chi connectivity index (χ0n) is 20.5. The number of carbonyl (C=O) groups excluding carboxylic acids is 3. The van der Waals surface area contributed by atoms with Crippen LogP contribution < -0.4 is 25.6 Å². The molecule has 2 radical (unpaired) electrons. The molecule has 196 valence electrons. The Morgan fingerprint density at radius 3 is 2.54 bits per heavy atom. The lowest BCUT2D eigenvalue weighted by Gasteiger charge is -2.26. The Morgan fingerprint density at radius 2 is 1.86 bits per heavy atom. The summed E-state index contributed by atoms with van der Waals surface area (Å²) in [4.78, 5) is 38.2. The zero-order chi connectivity index (χ0) is 26.6. The maximum atomic E-state index is 13.1. The van der Waals surface area contributed by atoms with Gasteiger partial charge in [-0.1, -0.05) is 24.3 Å². The summed E-state index contributed by atoms with van der Waals surface area (Å²) in [5, 5.41) is 14.6. The first-order valence-electron chi connectivity index (χ1n) is 12.2. The molecule has 0 aliphatic carbocycles. The Bertz CT molecular complexity index is 1040. The minimum atomic E-state index is -1.28. The van der Waals surface area contributed by atoms with Crippen molar-refractivity contribution in [3.05, 3.63) is 59.7 Å². The number of amides is 3. The van der Waals surface area contributed by atoms with Gasteiger partial charge < -0.3 is 20.1 Å². The van der Waals surface area contributed by atoms with E-state index < -0.39 is 42.2 Å². The molecular weight excluding hydrogens is 480 g/mol. The molecule has 37 heavy (non-hydrogen) atoms. The van der Waals surface area contributed by atoms with E-state index in [4.69, 9.17) is 22.5 Å². The van der Waals surface area contributed by atoms with Crippen LogP contribution in [-0.4, -0.2) is 56.7 Å². The number of fused-ring (bicyclic) bond motifs is 11. The molecule has 0 aromatic heterocycles. The number of halogens is 1. The molecule has 1 unspecified atom stereocenters. The van der Waals surface area contributed by atoms with Crippen LogP contribution in [0.5, 0.6) is 11.5 Å². The van der Waals surface area contributed by atoms with Crippen molar-refractivity contribution in [3.63, 3.8) is 0 Å². The van der Waals surface area contributed by atoms with Crippen molar-refractivity contribution < 1.29 is 33.5 Å². The lowest BCUT2D eigenvalue weighted by atomic mass is 9.73. The summed E-state index contributed by atoms with van der Waals surface area (Å²) in [7, 11) is 6.08. The summed E-state index contributed by atoms with van der Waals surface area (Å²) in [6, 6.07) is 13.3. The Balaban J connectivity index is 1.71. The number of hydrogen-bond acceptors (Lipinski definition) is 6. The molecule has 2 heterocycles. The summed E-state index contributed by atoms with van der Waals surface area (Å²) in [5.41, 5.74) is 3.15. The molecule has 0 spiro atoms. The topological polar surface area (TPSA) is 126 Å². The molecule has 2 aromatic rings. The standard InChI is InChI=1S/C26H31BFN3O6/c27-23-21(24(32)31-35)3-1-13-36-19-8-4-17(5-9-19)15-22(30-26(23)34)25(33)29-16-18-6-10-20(11-7-18)37-14-2-12-28/h4-11,21-23,35H,1-3,12-16H2,(H,29,33)(H,30,34)(H,31,32)/t21-,22?,23+/m0/s1. The number of alkyl halides is 1. The number of carbonyl (C=O) groups is 3. The van der Waals surface area contributed by atoms with Crippen LogP contribution in [0.1, 0.15) is 30.4 Å². The van der Waals surface area contributed by atoms with Crippen LogP contribution >= 0.6 is 0 Å². The maximum Gasteiger partial charge on any atom is 0.246 e. The van der Waals surface area contributed by atoms with Gasteiger partial charge >= 0.3 is 0 Å². The van der Waals surface area contributed by atoms with Crippen molar-refractivity contribution in [3.8, 4) is 11.5 Å². The Kier molecular flexibility index (Phi) is 10.8. The Hall–Kier alpha value is -3.60. The lowest BCUT2D eigenvalue weighted by Crippen LogP contribution is -2.50. The van der Waals surface area contributed by atoms with Crippen LogP contribution in [-0.2, 0) is 27.3 Å². The van der Waals surface area contributed by atoms with Crippen molar-refractivity contribution in [1.29, 1.82) is 0 Å². The van der Waals surface area contributed by atoms with Crippen LogP contribution in [0.2, 0.25) is 5.82 Å². The maximum absolute atomic E-state index is 13.1. The third-order valence-electron chi connectivity index (χ3n) is 6.04. The summed E-state index contributed by atoms with van der Waals surface area (Å²) in [6.45, 7) is 0.340. The fraction of sp³-hybridized carbons (Fsp3) is 0.423. The van der Waals surface area contributed by atoms with E-state index in [1.165, 1.54) is 0 Å². The van der Waals surface area contributed by atoms with E-state index in [1.54, 1.807) is 41.9 Å². The van der Waals surface area contributed by atoms with E-state index in [0.29, 0.717) is 30.9 Å². The second kappa shape index (κ2) is 14.2. The minimum Gasteiger partial charge on any atom is -0.494 e. The lowest BCUT2D eigenvalue weighted by molar-refractivity contribution is -0.137. The number of rotatable bonds is 8. The zero-order valence-corrected chi connectivity index (χ0v) is 20.5. The Morgan fingerprint density at radius 1 is 1.14 bits per heavy atom. The van der Waals surface area contributed by atoms with E-state index >= 15 is 0 Å². The number of benzene rings is 2. The van der Waals surface area contributed by atoms with Crippen LogP contribution in [0, 0.1) is 5.92 Å². The predicted molar refractivity (Wildman–Crippen MR) is 134 cm³/mol. The average Bonchev–Trinajstić information content (AvgIpc) is 2.92. The summed E-state index contributed by atoms with van der Waals surface area (Å²) in [5.74, 6) is -2.95. The molecule has 0 saturated heterocycles. The van der Waals surface area contributed by atoms with E-state index in [-0.39, 0.29) is 26.0 Å². The smallest absolute Gasteiger partial charge is 0.246 e. The predicted octanol–water partition coefficient (Wildman–Crippen LogP) is 2.02. The van der Waals surface area contributed by atoms with Crippen LogP contribution in [0.3, 0.4) is 0 Å². The van der Waals surface area contributed by atoms with E-state index in [1.807, 2.05) is 12.1 Å². The van der Waals surface area contributed by atoms with Crippen molar-refractivity contribution in [2.45, 2.75) is 44.1 Å². The highest BCUT2D eigenvalue weighted by molar-refractivity contribution is 6.25. The molecule has 3 amide bonds. The molecule has 11 heteroatoms. The molecule has 2 aliphatic heterocycles. The van der Waals surface area contributed by atoms with Gasteiger partial charge in [0.25, 0.3) is 0 Å². The van der Waals surface area contributed by atoms with E-state index in [9.17, 15) is 18.8 Å². The van der Waals surface area contributed by atoms with Crippen LogP contribution in [0.4, 0.5) is 4.39 Å². The molecule has 0 fully saturated rings. The van der Waals surface area contributed by atoms with Gasteiger partial charge in [0.2, 0.25) is 17.7 Å². The fourth-order valence-corrected chi connectivity index (χ4v) is 3.93. The van der Waals surface area contributed by atoms with Gasteiger partial charge in [0.05, 0.1) is 27.7 Å². The normalized spacial score (nSPS) is 20.2. The largest absolute Gasteiger partial charge is 0.494 e. The number of ether oxygens (including phenoxy) is 2. The van der Waals surface area contributed by atoms with Crippen LogP contribution in [0.15, 0.2) is 48.5 Å². The highest BCUT2D eigenvalue weighted by Crippen LogP contribution is 2.23. The summed E-state index contributed by atoms with van der Waals surface area (Å²) < 4.78 is 23.3. The van der Waals surface area contributed by atoms with Crippen LogP contribution in [0.25, 0.3) is 0 Å². The minimum absolute atomic E-state index is 0.183. The second-order valence-electron chi connectivity index (χ2n) is 8.76. The summed E-state index contributed by atoms with van der Waals surface area (Å²) >= 11 is 0. The van der Waals surface area contributed by atoms with Gasteiger partial charge in [-0.3, -0.25) is 24.0 Å². The third-order valence-corrected chi connectivity index (χ3v) is 6.04. The van der Waals surface area contributed by atoms with Gasteiger partial charge in [0.1, 0.15) is 17.5 Å².